The van der Waals surface area contributed by atoms with E-state index in [1.807, 2.05) is 11.4 Å². The molecule has 2 aromatic heterocycles. The number of carbonyl (C=O) groups excluding carboxylic acids is 1. The molecule has 2 aromatic rings. The molecule has 1 amide bonds. The van der Waals surface area contributed by atoms with Crippen molar-refractivity contribution in [2.24, 2.45) is 11.5 Å². The van der Waals surface area contributed by atoms with Crippen LogP contribution in [0.4, 0.5) is 0 Å². The third-order valence-corrected chi connectivity index (χ3v) is 2.88. The standard InChI is InChI=1S/C11H13N3O2S/c1-11(2,13)16-10-6(9(12)15)5-8-7(14-10)3-4-17-8/h3-5H,13H2,1-2H3,(H2,12,15). The van der Waals surface area contributed by atoms with Crippen molar-refractivity contribution in [2.75, 3.05) is 0 Å². The van der Waals surface area contributed by atoms with Crippen molar-refractivity contribution in [3.05, 3.63) is 23.1 Å². The first-order valence-electron chi connectivity index (χ1n) is 5.03. The van der Waals surface area contributed by atoms with Gasteiger partial charge in [-0.15, -0.1) is 11.3 Å². The van der Waals surface area contributed by atoms with Gasteiger partial charge in [-0.2, -0.15) is 0 Å². The van der Waals surface area contributed by atoms with Gasteiger partial charge in [0.05, 0.1) is 10.2 Å². The molecule has 0 aliphatic heterocycles. The number of fused-ring (bicyclic) bond motifs is 1. The molecule has 0 bridgehead atoms. The SMILES string of the molecule is CC(C)(N)Oc1nc2ccsc2cc1C(N)=O. The zero-order valence-electron chi connectivity index (χ0n) is 9.56. The van der Waals surface area contributed by atoms with Crippen molar-refractivity contribution in [3.8, 4) is 5.88 Å². The van der Waals surface area contributed by atoms with Crippen LogP contribution in [0, 0.1) is 0 Å². The predicted molar refractivity (Wildman–Crippen MR) is 67.0 cm³/mol. The first-order valence-corrected chi connectivity index (χ1v) is 5.91. The Bertz CT molecular complexity index is 572. The van der Waals surface area contributed by atoms with Crippen LogP contribution < -0.4 is 16.2 Å². The lowest BCUT2D eigenvalue weighted by Gasteiger charge is -2.21. The van der Waals surface area contributed by atoms with Crippen LogP contribution >= 0.6 is 11.3 Å². The highest BCUT2D eigenvalue weighted by Gasteiger charge is 2.20. The number of amides is 1. The second-order valence-electron chi connectivity index (χ2n) is 4.21. The summed E-state index contributed by atoms with van der Waals surface area (Å²) < 4.78 is 6.33. The summed E-state index contributed by atoms with van der Waals surface area (Å²) in [7, 11) is 0. The number of pyridine rings is 1. The molecule has 5 nitrogen and oxygen atoms in total. The Balaban J connectivity index is 2.57. The second-order valence-corrected chi connectivity index (χ2v) is 5.16. The fourth-order valence-electron chi connectivity index (χ4n) is 1.38. The highest BCUT2D eigenvalue weighted by Crippen LogP contribution is 2.27. The normalized spacial score (nSPS) is 11.7. The van der Waals surface area contributed by atoms with E-state index in [0.29, 0.717) is 0 Å². The number of thiophene rings is 1. The van der Waals surface area contributed by atoms with Gasteiger partial charge in [-0.3, -0.25) is 10.5 Å². The third kappa shape index (κ3) is 2.54. The molecule has 0 atom stereocenters. The van der Waals surface area contributed by atoms with Crippen molar-refractivity contribution >= 4 is 27.5 Å². The van der Waals surface area contributed by atoms with Crippen LogP contribution in [-0.2, 0) is 0 Å². The van der Waals surface area contributed by atoms with Crippen LogP contribution in [0.5, 0.6) is 5.88 Å². The van der Waals surface area contributed by atoms with E-state index >= 15 is 0 Å². The molecule has 0 saturated carbocycles. The number of nitrogens with two attached hydrogens (primary N) is 2. The van der Waals surface area contributed by atoms with Crippen LogP contribution in [0.25, 0.3) is 10.2 Å². The number of nitrogens with zero attached hydrogens (tertiary/aromatic N) is 1. The molecular weight excluding hydrogens is 238 g/mol. The molecule has 0 unspecified atom stereocenters. The van der Waals surface area contributed by atoms with E-state index in [0.717, 1.165) is 10.2 Å². The van der Waals surface area contributed by atoms with Gasteiger partial charge < -0.3 is 10.5 Å². The van der Waals surface area contributed by atoms with Gasteiger partial charge in [0.15, 0.2) is 5.72 Å². The number of primary amides is 1. The molecule has 0 aliphatic rings. The maximum Gasteiger partial charge on any atom is 0.254 e. The van der Waals surface area contributed by atoms with E-state index in [9.17, 15) is 4.79 Å². The van der Waals surface area contributed by atoms with Crippen LogP contribution in [0.1, 0.15) is 24.2 Å². The molecule has 90 valence electrons. The van der Waals surface area contributed by atoms with E-state index in [1.165, 1.54) is 11.3 Å². The van der Waals surface area contributed by atoms with Crippen LogP contribution in [-0.4, -0.2) is 16.6 Å². The fraction of sp³-hybridized carbons (Fsp3) is 0.273. The summed E-state index contributed by atoms with van der Waals surface area (Å²) in [5, 5.41) is 1.89. The summed E-state index contributed by atoms with van der Waals surface area (Å²) in [6.45, 7) is 3.36. The highest BCUT2D eigenvalue weighted by molar-refractivity contribution is 7.17. The molecule has 0 saturated heterocycles. The molecule has 4 N–H and O–H groups in total. The minimum absolute atomic E-state index is 0.177. The van der Waals surface area contributed by atoms with Gasteiger partial charge in [0, 0.05) is 0 Å². The molecule has 0 radical (unpaired) electrons. The third-order valence-electron chi connectivity index (χ3n) is 2.03. The first kappa shape index (κ1) is 11.8. The Hall–Kier alpha value is -1.66. The molecule has 2 rings (SSSR count). The Morgan fingerprint density at radius 3 is 2.82 bits per heavy atom. The zero-order chi connectivity index (χ0) is 12.6. The molecule has 17 heavy (non-hydrogen) atoms. The summed E-state index contributed by atoms with van der Waals surface area (Å²) in [5.74, 6) is -0.400. The zero-order valence-corrected chi connectivity index (χ0v) is 10.4. The largest absolute Gasteiger partial charge is 0.456 e. The summed E-state index contributed by atoms with van der Waals surface area (Å²) in [4.78, 5) is 15.6. The van der Waals surface area contributed by atoms with E-state index in [1.54, 1.807) is 19.9 Å². The van der Waals surface area contributed by atoms with Crippen molar-refractivity contribution in [2.45, 2.75) is 19.6 Å². The molecule has 6 heteroatoms. The molecule has 0 aromatic carbocycles. The van der Waals surface area contributed by atoms with Gasteiger partial charge in [-0.25, -0.2) is 4.98 Å². The number of carbonyl (C=O) groups is 1. The predicted octanol–water partition coefficient (Wildman–Crippen LogP) is 1.47. The highest BCUT2D eigenvalue weighted by atomic mass is 32.1. The summed E-state index contributed by atoms with van der Waals surface area (Å²) >= 11 is 1.49. The number of hydrogen-bond acceptors (Lipinski definition) is 5. The van der Waals surface area contributed by atoms with Gasteiger partial charge in [0.2, 0.25) is 5.88 Å². The van der Waals surface area contributed by atoms with Gasteiger partial charge >= 0.3 is 0 Å². The lowest BCUT2D eigenvalue weighted by molar-refractivity contribution is 0.0952. The van der Waals surface area contributed by atoms with Crippen molar-refractivity contribution in [3.63, 3.8) is 0 Å². The summed E-state index contributed by atoms with van der Waals surface area (Å²) in [6, 6.07) is 3.53. The average molecular weight is 251 g/mol. The Morgan fingerprint density at radius 1 is 1.53 bits per heavy atom. The van der Waals surface area contributed by atoms with Crippen molar-refractivity contribution in [1.82, 2.24) is 4.98 Å². The number of aromatic nitrogens is 1. The molecule has 0 aliphatic carbocycles. The van der Waals surface area contributed by atoms with Crippen LogP contribution in [0.3, 0.4) is 0 Å². The number of rotatable bonds is 3. The lowest BCUT2D eigenvalue weighted by atomic mass is 10.2. The van der Waals surface area contributed by atoms with Gasteiger partial charge in [-0.1, -0.05) is 0 Å². The summed E-state index contributed by atoms with van der Waals surface area (Å²) in [6.07, 6.45) is 0. The lowest BCUT2D eigenvalue weighted by Crippen LogP contribution is -2.39. The van der Waals surface area contributed by atoms with Crippen molar-refractivity contribution in [1.29, 1.82) is 0 Å². The Morgan fingerprint density at radius 2 is 2.24 bits per heavy atom. The number of hydrogen-bond donors (Lipinski definition) is 2. The molecular formula is C11H13N3O2S. The smallest absolute Gasteiger partial charge is 0.254 e. The van der Waals surface area contributed by atoms with Gasteiger partial charge in [-0.05, 0) is 31.4 Å². The van der Waals surface area contributed by atoms with Gasteiger partial charge in [0.1, 0.15) is 5.56 Å². The Kier molecular flexibility index (Phi) is 2.76. The maximum absolute atomic E-state index is 11.3. The second kappa shape index (κ2) is 3.97. The fourth-order valence-corrected chi connectivity index (χ4v) is 2.14. The minimum Gasteiger partial charge on any atom is -0.456 e. The van der Waals surface area contributed by atoms with Crippen LogP contribution in [0.15, 0.2) is 17.5 Å². The van der Waals surface area contributed by atoms with Crippen LogP contribution in [0.2, 0.25) is 0 Å². The minimum atomic E-state index is -0.916. The van der Waals surface area contributed by atoms with Gasteiger partial charge in [0.25, 0.3) is 5.91 Å². The number of ether oxygens (including phenoxy) is 1. The van der Waals surface area contributed by atoms with E-state index in [2.05, 4.69) is 4.98 Å². The quantitative estimate of drug-likeness (QED) is 0.808. The average Bonchev–Trinajstić information content (AvgIpc) is 2.60. The van der Waals surface area contributed by atoms with E-state index in [4.69, 9.17) is 16.2 Å². The summed E-state index contributed by atoms with van der Waals surface area (Å²) in [5.41, 5.74) is 11.1. The molecule has 0 spiro atoms. The first-order chi connectivity index (χ1) is 7.87. The van der Waals surface area contributed by atoms with Crippen molar-refractivity contribution < 1.29 is 9.53 Å². The maximum atomic E-state index is 11.3. The van der Waals surface area contributed by atoms with E-state index < -0.39 is 11.6 Å². The Labute approximate surface area is 102 Å². The monoisotopic (exact) mass is 251 g/mol. The van der Waals surface area contributed by atoms with E-state index in [-0.39, 0.29) is 11.4 Å². The molecule has 2 heterocycles. The topological polar surface area (TPSA) is 91.2 Å². The molecule has 0 fully saturated rings.